The molecule has 0 amide bonds. The summed E-state index contributed by atoms with van der Waals surface area (Å²) in [5.74, 6) is -0.738. The van der Waals surface area contributed by atoms with Gasteiger partial charge in [0.05, 0.1) is 41.2 Å². The number of fused-ring (bicyclic) bond motifs is 2. The lowest BCUT2D eigenvalue weighted by Gasteiger charge is -2.11. The highest BCUT2D eigenvalue weighted by Crippen LogP contribution is 2.38. The molecular weight excluding hydrogens is 514 g/mol. The molecule has 14 heteroatoms. The highest BCUT2D eigenvalue weighted by atomic mass is 35.5. The lowest BCUT2D eigenvalue weighted by molar-refractivity contribution is -0.141. The van der Waals surface area contributed by atoms with Crippen LogP contribution in [0.25, 0.3) is 37.2 Å². The first kappa shape index (κ1) is 23.1. The summed E-state index contributed by atoms with van der Waals surface area (Å²) in [5, 5.41) is 4.02. The number of ether oxygens (including phenoxy) is 1. The Morgan fingerprint density at radius 1 is 1.17 bits per heavy atom. The minimum atomic E-state index is -4.58. The number of aromatic nitrogens is 5. The average molecular weight is 526 g/mol. The van der Waals surface area contributed by atoms with Crippen LogP contribution in [0.3, 0.4) is 0 Å². The Labute approximate surface area is 201 Å². The number of rotatable bonds is 4. The van der Waals surface area contributed by atoms with E-state index in [-0.39, 0.29) is 37.6 Å². The first-order chi connectivity index (χ1) is 16.6. The van der Waals surface area contributed by atoms with Crippen LogP contribution in [0.15, 0.2) is 46.4 Å². The third kappa shape index (κ3) is 3.96. The molecule has 1 aromatic carbocycles. The molecule has 35 heavy (non-hydrogen) atoms. The number of H-pyrrole nitrogens is 1. The van der Waals surface area contributed by atoms with Gasteiger partial charge in [-0.1, -0.05) is 11.6 Å². The summed E-state index contributed by atoms with van der Waals surface area (Å²) in [5.41, 5.74) is -1.35. The molecule has 0 radical (unpaired) electrons. The van der Waals surface area contributed by atoms with E-state index in [0.717, 1.165) is 23.6 Å². The van der Waals surface area contributed by atoms with Crippen molar-refractivity contribution in [1.29, 1.82) is 0 Å². The van der Waals surface area contributed by atoms with Gasteiger partial charge in [0.2, 0.25) is 0 Å². The Kier molecular flexibility index (Phi) is 5.40. The zero-order chi connectivity index (χ0) is 25.1. The van der Waals surface area contributed by atoms with E-state index in [1.807, 2.05) is 0 Å². The summed E-state index contributed by atoms with van der Waals surface area (Å²) in [4.78, 5) is 33.2. The van der Waals surface area contributed by atoms with E-state index in [1.165, 1.54) is 31.6 Å². The molecule has 0 aliphatic heterocycles. The predicted molar refractivity (Wildman–Crippen MR) is 122 cm³/mol. The summed E-state index contributed by atoms with van der Waals surface area (Å²) in [6, 6.07) is 3.92. The molecule has 0 aliphatic carbocycles. The molecule has 4 heterocycles. The summed E-state index contributed by atoms with van der Waals surface area (Å²) in [7, 11) is 1.29. The van der Waals surface area contributed by atoms with Crippen molar-refractivity contribution in [2.24, 2.45) is 0 Å². The van der Waals surface area contributed by atoms with Gasteiger partial charge in [0.1, 0.15) is 11.2 Å². The van der Waals surface area contributed by atoms with Gasteiger partial charge in [-0.3, -0.25) is 14.5 Å². The Balaban J connectivity index is 1.74. The van der Waals surface area contributed by atoms with E-state index in [2.05, 4.69) is 15.1 Å². The minimum Gasteiger partial charge on any atom is -0.494 e. The van der Waals surface area contributed by atoms with E-state index >= 15 is 0 Å². The van der Waals surface area contributed by atoms with Crippen LogP contribution in [0.1, 0.15) is 0 Å². The van der Waals surface area contributed by atoms with E-state index in [0.29, 0.717) is 19.7 Å². The molecular formula is C21H12ClF4N5O3S. The number of alkyl halides is 3. The summed E-state index contributed by atoms with van der Waals surface area (Å²) < 4.78 is 59.6. The summed E-state index contributed by atoms with van der Waals surface area (Å²) >= 11 is 7.15. The van der Waals surface area contributed by atoms with Gasteiger partial charge in [-0.25, -0.2) is 13.8 Å². The molecule has 180 valence electrons. The molecule has 0 aliphatic rings. The third-order valence-electron chi connectivity index (χ3n) is 5.17. The molecule has 0 unspecified atom stereocenters. The number of benzene rings is 1. The number of pyridine rings is 1. The first-order valence-electron chi connectivity index (χ1n) is 9.76. The van der Waals surface area contributed by atoms with Crippen LogP contribution >= 0.6 is 22.9 Å². The van der Waals surface area contributed by atoms with Crippen molar-refractivity contribution in [3.05, 3.63) is 68.5 Å². The quantitative estimate of drug-likeness (QED) is 0.348. The molecule has 5 rings (SSSR count). The number of hydrogen-bond donors (Lipinski definition) is 1. The smallest absolute Gasteiger partial charge is 0.408 e. The number of nitrogens with zero attached hydrogens (tertiary/aromatic N) is 4. The fraction of sp³-hybridized carbons (Fsp3) is 0.143. The molecule has 4 aromatic heterocycles. The van der Waals surface area contributed by atoms with Crippen LogP contribution in [0.2, 0.25) is 5.02 Å². The van der Waals surface area contributed by atoms with Crippen molar-refractivity contribution < 1.29 is 22.3 Å². The Morgan fingerprint density at radius 2 is 1.94 bits per heavy atom. The molecule has 0 saturated heterocycles. The number of halogens is 5. The first-order valence-corrected chi connectivity index (χ1v) is 11.0. The topological polar surface area (TPSA) is 94.8 Å². The van der Waals surface area contributed by atoms with Crippen molar-refractivity contribution in [1.82, 2.24) is 24.3 Å². The van der Waals surface area contributed by atoms with Gasteiger partial charge in [0.15, 0.2) is 11.6 Å². The van der Waals surface area contributed by atoms with Crippen molar-refractivity contribution in [2.75, 3.05) is 7.11 Å². The fourth-order valence-electron chi connectivity index (χ4n) is 3.71. The lowest BCUT2D eigenvalue weighted by Crippen LogP contribution is -2.33. The van der Waals surface area contributed by atoms with Gasteiger partial charge in [-0.15, -0.1) is 11.3 Å². The second-order valence-electron chi connectivity index (χ2n) is 7.40. The van der Waals surface area contributed by atoms with Gasteiger partial charge in [-0.2, -0.15) is 18.3 Å². The normalized spacial score (nSPS) is 12.1. The van der Waals surface area contributed by atoms with E-state index in [4.69, 9.17) is 16.3 Å². The van der Waals surface area contributed by atoms with Crippen molar-refractivity contribution in [3.8, 4) is 21.9 Å². The molecule has 5 aromatic rings. The Hall–Kier alpha value is -3.71. The van der Waals surface area contributed by atoms with Crippen LogP contribution in [0, 0.1) is 5.82 Å². The number of aromatic amines is 1. The van der Waals surface area contributed by atoms with Crippen LogP contribution in [0.5, 0.6) is 5.75 Å². The highest BCUT2D eigenvalue weighted by Gasteiger charge is 2.30. The number of nitrogens with one attached hydrogen (secondary N) is 1. The lowest BCUT2D eigenvalue weighted by atomic mass is 10.1. The van der Waals surface area contributed by atoms with Crippen molar-refractivity contribution >= 4 is 44.1 Å². The average Bonchev–Trinajstić information content (AvgIpc) is 3.38. The zero-order valence-electron chi connectivity index (χ0n) is 17.5. The largest absolute Gasteiger partial charge is 0.494 e. The maximum atomic E-state index is 14.0. The predicted octanol–water partition coefficient (Wildman–Crippen LogP) is 4.52. The number of methoxy groups -OCH3 is 1. The molecule has 0 spiro atoms. The zero-order valence-corrected chi connectivity index (χ0v) is 19.1. The Morgan fingerprint density at radius 3 is 2.66 bits per heavy atom. The monoisotopic (exact) mass is 525 g/mol. The van der Waals surface area contributed by atoms with Crippen molar-refractivity contribution in [3.63, 3.8) is 0 Å². The molecule has 0 atom stereocenters. The molecule has 0 saturated carbocycles. The summed E-state index contributed by atoms with van der Waals surface area (Å²) in [6.07, 6.45) is -1.01. The van der Waals surface area contributed by atoms with E-state index in [1.54, 1.807) is 0 Å². The molecule has 0 bridgehead atoms. The van der Waals surface area contributed by atoms with Gasteiger partial charge < -0.3 is 9.72 Å². The SMILES string of the molecule is COc1cc(-c2cc3[nH]c(=O)n(-c4cncc5cnn(CC(F)(F)F)c45)c(=O)c3s2)c(Cl)cc1F. The van der Waals surface area contributed by atoms with Crippen LogP contribution < -0.4 is 16.0 Å². The van der Waals surface area contributed by atoms with Crippen LogP contribution in [0.4, 0.5) is 17.6 Å². The van der Waals surface area contributed by atoms with E-state index in [9.17, 15) is 27.2 Å². The number of thiophene rings is 1. The molecule has 8 nitrogen and oxygen atoms in total. The maximum Gasteiger partial charge on any atom is 0.408 e. The maximum absolute atomic E-state index is 14.0. The van der Waals surface area contributed by atoms with Gasteiger partial charge in [0.25, 0.3) is 5.56 Å². The second kappa shape index (κ2) is 8.20. The third-order valence-corrected chi connectivity index (χ3v) is 6.64. The summed E-state index contributed by atoms with van der Waals surface area (Å²) in [6.45, 7) is -1.42. The highest BCUT2D eigenvalue weighted by molar-refractivity contribution is 7.22. The fourth-order valence-corrected chi connectivity index (χ4v) is 5.09. The van der Waals surface area contributed by atoms with Gasteiger partial charge in [-0.05, 0) is 18.2 Å². The van der Waals surface area contributed by atoms with E-state index < -0.39 is 29.8 Å². The second-order valence-corrected chi connectivity index (χ2v) is 8.86. The number of hydrogen-bond acceptors (Lipinski definition) is 6. The van der Waals surface area contributed by atoms with Crippen LogP contribution in [-0.4, -0.2) is 37.6 Å². The Bertz CT molecular complexity index is 1740. The minimum absolute atomic E-state index is 0.0579. The van der Waals surface area contributed by atoms with Crippen molar-refractivity contribution in [2.45, 2.75) is 12.7 Å². The van der Waals surface area contributed by atoms with Crippen LogP contribution in [-0.2, 0) is 6.54 Å². The van der Waals surface area contributed by atoms with Gasteiger partial charge >= 0.3 is 11.9 Å². The molecule has 1 N–H and O–H groups in total. The van der Waals surface area contributed by atoms with Gasteiger partial charge in [0, 0.05) is 22.0 Å². The standard InChI is InChI=1S/C21H12ClF4N5O3S/c1-34-15-2-10(11(22)3-12(15)23)16-4-13-18(35-16)19(32)31(20(33)29-13)14-7-27-5-9-6-28-30(17(9)14)8-21(24,25)26/h2-7H,8H2,1H3,(H,29,33). The molecule has 0 fully saturated rings.